The van der Waals surface area contributed by atoms with Crippen molar-refractivity contribution in [2.45, 2.75) is 45.1 Å². The Hall–Kier alpha value is -3.42. The molecule has 2 aromatic carbocycles. The van der Waals surface area contributed by atoms with Gasteiger partial charge in [-0.3, -0.25) is 24.1 Å². The fourth-order valence-corrected chi connectivity index (χ4v) is 4.71. The number of ketones is 1. The van der Waals surface area contributed by atoms with Crippen molar-refractivity contribution in [2.75, 3.05) is 5.32 Å². The van der Waals surface area contributed by atoms with Crippen LogP contribution in [0.15, 0.2) is 60.4 Å². The fourth-order valence-electron chi connectivity index (χ4n) is 4.25. The number of nitrogens with one attached hydrogen (secondary N) is 2. The number of imide groups is 1. The van der Waals surface area contributed by atoms with E-state index in [1.54, 1.807) is 24.3 Å². The quantitative estimate of drug-likeness (QED) is 0.494. The van der Waals surface area contributed by atoms with E-state index in [2.05, 4.69) is 17.2 Å². The molecule has 1 atom stereocenters. The number of Topliss-reactive ketones (excluding diaryl/α,β-unsaturated/α-hetero) is 1. The maximum Gasteiger partial charge on any atom is 0.278 e. The molecule has 0 aromatic heterocycles. The van der Waals surface area contributed by atoms with Gasteiger partial charge in [0.15, 0.2) is 0 Å². The van der Waals surface area contributed by atoms with E-state index < -0.39 is 23.8 Å². The molecule has 2 aliphatic heterocycles. The van der Waals surface area contributed by atoms with Gasteiger partial charge in [0, 0.05) is 40.3 Å². The zero-order chi connectivity index (χ0) is 26.0. The number of nitrogens with zero attached hydrogens (tertiary/aromatic N) is 1. The molecule has 1 saturated heterocycles. The Morgan fingerprint density at radius 1 is 1.14 bits per heavy atom. The SMILES string of the molecule is C=C1CCC(N2C(=O)C=C(Nc3cc(Cl)cc(CCC(=O)Cc4ccc(C)c(Cl)c4)c3)C2=O)C(=O)N1. The van der Waals surface area contributed by atoms with Crippen LogP contribution in [-0.4, -0.2) is 34.4 Å². The first-order chi connectivity index (χ1) is 17.1. The molecule has 2 aliphatic rings. The first-order valence-corrected chi connectivity index (χ1v) is 12.3. The van der Waals surface area contributed by atoms with Crippen molar-refractivity contribution in [1.82, 2.24) is 10.2 Å². The largest absolute Gasteiger partial charge is 0.351 e. The second kappa shape index (κ2) is 10.7. The Morgan fingerprint density at radius 2 is 1.92 bits per heavy atom. The molecule has 1 unspecified atom stereocenters. The number of anilines is 1. The van der Waals surface area contributed by atoms with Gasteiger partial charge in [0.2, 0.25) is 5.91 Å². The summed E-state index contributed by atoms with van der Waals surface area (Å²) in [5, 5.41) is 6.60. The van der Waals surface area contributed by atoms with E-state index in [4.69, 9.17) is 23.2 Å². The van der Waals surface area contributed by atoms with E-state index in [1.165, 1.54) is 6.08 Å². The van der Waals surface area contributed by atoms with Crippen molar-refractivity contribution < 1.29 is 19.2 Å². The number of piperidine rings is 1. The summed E-state index contributed by atoms with van der Waals surface area (Å²) in [6.07, 6.45) is 3.04. The van der Waals surface area contributed by atoms with Crippen LogP contribution in [0, 0.1) is 6.92 Å². The molecule has 3 amide bonds. The Kier molecular flexibility index (Phi) is 7.62. The van der Waals surface area contributed by atoms with Gasteiger partial charge in [-0.25, -0.2) is 0 Å². The van der Waals surface area contributed by atoms with Crippen molar-refractivity contribution >= 4 is 52.4 Å². The average Bonchev–Trinajstić information content (AvgIpc) is 3.07. The number of benzene rings is 2. The number of hydrogen-bond donors (Lipinski definition) is 2. The highest BCUT2D eigenvalue weighted by Crippen LogP contribution is 2.26. The van der Waals surface area contributed by atoms with Crippen molar-refractivity contribution in [3.05, 3.63) is 87.2 Å². The number of rotatable bonds is 8. The van der Waals surface area contributed by atoms with Gasteiger partial charge in [-0.05, 0) is 67.1 Å². The number of carbonyl (C=O) groups excluding carboxylic acids is 4. The predicted octanol–water partition coefficient (Wildman–Crippen LogP) is 4.50. The number of hydrogen-bond acceptors (Lipinski definition) is 5. The third-order valence-electron chi connectivity index (χ3n) is 6.15. The van der Waals surface area contributed by atoms with Crippen LogP contribution in [0.25, 0.3) is 0 Å². The lowest BCUT2D eigenvalue weighted by Crippen LogP contribution is -2.52. The molecule has 0 saturated carbocycles. The number of carbonyl (C=O) groups is 4. The second-order valence-electron chi connectivity index (χ2n) is 8.99. The van der Waals surface area contributed by atoms with Crippen molar-refractivity contribution in [3.63, 3.8) is 0 Å². The first-order valence-electron chi connectivity index (χ1n) is 11.5. The molecule has 2 heterocycles. The topological polar surface area (TPSA) is 95.6 Å². The monoisotopic (exact) mass is 525 g/mol. The highest BCUT2D eigenvalue weighted by molar-refractivity contribution is 6.31. The first kappa shape index (κ1) is 25.7. The van der Waals surface area contributed by atoms with Crippen LogP contribution >= 0.6 is 23.2 Å². The lowest BCUT2D eigenvalue weighted by molar-refractivity contribution is -0.146. The van der Waals surface area contributed by atoms with Crippen LogP contribution in [-0.2, 0) is 32.0 Å². The number of amides is 3. The molecule has 36 heavy (non-hydrogen) atoms. The molecule has 0 radical (unpaired) electrons. The lowest BCUT2D eigenvalue weighted by Gasteiger charge is -2.29. The highest BCUT2D eigenvalue weighted by Gasteiger charge is 2.41. The molecule has 0 aliphatic carbocycles. The smallest absolute Gasteiger partial charge is 0.278 e. The van der Waals surface area contributed by atoms with E-state index in [0.29, 0.717) is 47.1 Å². The molecule has 9 heteroatoms. The van der Waals surface area contributed by atoms with Crippen LogP contribution in [0.3, 0.4) is 0 Å². The van der Waals surface area contributed by atoms with Crippen LogP contribution in [0.5, 0.6) is 0 Å². The minimum absolute atomic E-state index is 0.0535. The molecule has 0 spiro atoms. The number of halogens is 2. The van der Waals surface area contributed by atoms with Gasteiger partial charge in [0.1, 0.15) is 17.5 Å². The van der Waals surface area contributed by atoms with Crippen LogP contribution < -0.4 is 10.6 Å². The summed E-state index contributed by atoms with van der Waals surface area (Å²) in [6, 6.07) is 9.87. The molecule has 0 bridgehead atoms. The van der Waals surface area contributed by atoms with Gasteiger partial charge in [0.25, 0.3) is 11.8 Å². The summed E-state index contributed by atoms with van der Waals surface area (Å²) in [5.74, 6) is -1.50. The van der Waals surface area contributed by atoms with E-state index in [9.17, 15) is 19.2 Å². The van der Waals surface area contributed by atoms with Gasteiger partial charge < -0.3 is 10.6 Å². The maximum atomic E-state index is 12.9. The van der Waals surface area contributed by atoms with Crippen molar-refractivity contribution in [3.8, 4) is 0 Å². The van der Waals surface area contributed by atoms with Crippen LogP contribution in [0.1, 0.15) is 36.0 Å². The summed E-state index contributed by atoms with van der Waals surface area (Å²) < 4.78 is 0. The molecular formula is C27H25Cl2N3O4. The van der Waals surface area contributed by atoms with Crippen LogP contribution in [0.4, 0.5) is 5.69 Å². The van der Waals surface area contributed by atoms with E-state index in [0.717, 1.165) is 21.6 Å². The highest BCUT2D eigenvalue weighted by atomic mass is 35.5. The normalized spacial score (nSPS) is 17.8. The van der Waals surface area contributed by atoms with Crippen LogP contribution in [0.2, 0.25) is 10.0 Å². The lowest BCUT2D eigenvalue weighted by atomic mass is 10.0. The summed E-state index contributed by atoms with van der Waals surface area (Å²) in [7, 11) is 0. The summed E-state index contributed by atoms with van der Waals surface area (Å²) >= 11 is 12.4. The van der Waals surface area contributed by atoms with Gasteiger partial charge in [-0.15, -0.1) is 0 Å². The molecule has 186 valence electrons. The second-order valence-corrected chi connectivity index (χ2v) is 9.83. The number of aryl methyl sites for hydroxylation is 2. The molecule has 1 fully saturated rings. The summed E-state index contributed by atoms with van der Waals surface area (Å²) in [6.45, 7) is 5.63. The van der Waals surface area contributed by atoms with Gasteiger partial charge in [-0.1, -0.05) is 41.9 Å². The molecule has 2 aromatic rings. The predicted molar refractivity (Wildman–Crippen MR) is 139 cm³/mol. The number of allylic oxidation sites excluding steroid dienone is 1. The summed E-state index contributed by atoms with van der Waals surface area (Å²) in [5.41, 5.74) is 3.75. The zero-order valence-corrected chi connectivity index (χ0v) is 21.2. The van der Waals surface area contributed by atoms with Gasteiger partial charge in [-0.2, -0.15) is 0 Å². The fraction of sp³-hybridized carbons (Fsp3) is 0.259. The summed E-state index contributed by atoms with van der Waals surface area (Å²) in [4.78, 5) is 51.2. The minimum atomic E-state index is -0.879. The maximum absolute atomic E-state index is 12.9. The Morgan fingerprint density at radius 3 is 2.64 bits per heavy atom. The molecule has 4 rings (SSSR count). The van der Waals surface area contributed by atoms with E-state index in [-0.39, 0.29) is 17.9 Å². The van der Waals surface area contributed by atoms with E-state index >= 15 is 0 Å². The standard InChI is InChI=1S/C27H25Cl2N3O4/c1-15-3-5-18(12-22(15)29)11-21(33)7-6-17-9-19(28)13-20(10-17)31-23-14-25(34)32(27(23)36)24-8-4-16(2)30-26(24)35/h3,5,9-10,12-14,24,31H,2,4,6-8,11H2,1H3,(H,30,35). The zero-order valence-electron chi connectivity index (χ0n) is 19.7. The third kappa shape index (κ3) is 5.86. The molecule has 7 nitrogen and oxygen atoms in total. The Balaban J connectivity index is 1.39. The van der Waals surface area contributed by atoms with Gasteiger partial charge >= 0.3 is 0 Å². The van der Waals surface area contributed by atoms with Crippen molar-refractivity contribution in [2.24, 2.45) is 0 Å². The minimum Gasteiger partial charge on any atom is -0.351 e. The average molecular weight is 526 g/mol. The van der Waals surface area contributed by atoms with Crippen molar-refractivity contribution in [1.29, 1.82) is 0 Å². The molecule has 2 N–H and O–H groups in total. The molecular weight excluding hydrogens is 501 g/mol. The Labute approximate surface area is 219 Å². The van der Waals surface area contributed by atoms with E-state index in [1.807, 2.05) is 19.1 Å². The van der Waals surface area contributed by atoms with Gasteiger partial charge in [0.05, 0.1) is 0 Å². The Bertz CT molecular complexity index is 1320. The third-order valence-corrected chi connectivity index (χ3v) is 6.78.